The van der Waals surface area contributed by atoms with Gasteiger partial charge in [-0.3, -0.25) is 4.79 Å². The molecule has 1 aliphatic rings. The van der Waals surface area contributed by atoms with Crippen LogP contribution in [-0.2, 0) is 4.79 Å². The van der Waals surface area contributed by atoms with Crippen molar-refractivity contribution in [3.05, 3.63) is 69.3 Å². The van der Waals surface area contributed by atoms with E-state index in [1.807, 2.05) is 56.3 Å². The van der Waals surface area contributed by atoms with Crippen molar-refractivity contribution in [3.63, 3.8) is 0 Å². The van der Waals surface area contributed by atoms with Gasteiger partial charge in [0.05, 0.1) is 17.2 Å². The molecule has 172 valence electrons. The molecule has 0 saturated heterocycles. The van der Waals surface area contributed by atoms with Gasteiger partial charge in [0.1, 0.15) is 11.8 Å². The topological polar surface area (TPSA) is 81.1 Å². The highest BCUT2D eigenvalue weighted by molar-refractivity contribution is 9.10. The maximum Gasteiger partial charge on any atom is 0.255 e. The van der Waals surface area contributed by atoms with Gasteiger partial charge in [0.2, 0.25) is 11.1 Å². The Morgan fingerprint density at radius 1 is 1.27 bits per heavy atom. The molecule has 1 atom stereocenters. The first-order chi connectivity index (χ1) is 15.9. The lowest BCUT2D eigenvalue weighted by molar-refractivity contribution is -0.113. The largest absolute Gasteiger partial charge is 0.496 e. The standard InChI is InChI=1S/C24H26BrN5O2S/c1-5-11-33-24-28-23-26-15(3)20(22(31)27-17-8-6-7-14(2)12-17)21(30(23)29-24)16-9-10-19(32-4)18(25)13-16/h6-10,12-13,21H,5,11H2,1-4H3,(H,27,31)(H,26,28,29). The van der Waals surface area contributed by atoms with Crippen LogP contribution >= 0.6 is 27.7 Å². The monoisotopic (exact) mass is 527 g/mol. The molecule has 4 rings (SSSR count). The molecule has 7 nitrogen and oxygen atoms in total. The summed E-state index contributed by atoms with van der Waals surface area (Å²) in [4.78, 5) is 18.2. The van der Waals surface area contributed by atoms with Crippen molar-refractivity contribution in [2.75, 3.05) is 23.5 Å². The molecule has 33 heavy (non-hydrogen) atoms. The van der Waals surface area contributed by atoms with E-state index in [1.54, 1.807) is 23.6 Å². The number of fused-ring (bicyclic) bond motifs is 1. The lowest BCUT2D eigenvalue weighted by Crippen LogP contribution is -2.31. The van der Waals surface area contributed by atoms with Crippen molar-refractivity contribution in [1.29, 1.82) is 0 Å². The van der Waals surface area contributed by atoms with E-state index in [9.17, 15) is 4.79 Å². The number of thioether (sulfide) groups is 1. The molecule has 1 unspecified atom stereocenters. The number of amides is 1. The third kappa shape index (κ3) is 4.94. The van der Waals surface area contributed by atoms with Crippen molar-refractivity contribution in [3.8, 4) is 5.75 Å². The summed E-state index contributed by atoms with van der Waals surface area (Å²) in [5.41, 5.74) is 4.05. The molecular formula is C24H26BrN5O2S. The minimum Gasteiger partial charge on any atom is -0.496 e. The van der Waals surface area contributed by atoms with Gasteiger partial charge in [-0.2, -0.15) is 4.98 Å². The number of methoxy groups -OCH3 is 1. The molecular weight excluding hydrogens is 502 g/mol. The minimum absolute atomic E-state index is 0.188. The second kappa shape index (κ2) is 10.0. The van der Waals surface area contributed by atoms with Crippen LogP contribution in [0.15, 0.2) is 63.4 Å². The number of hydrogen-bond acceptors (Lipinski definition) is 6. The number of benzene rings is 2. The number of carbonyl (C=O) groups is 1. The van der Waals surface area contributed by atoms with E-state index in [0.29, 0.717) is 16.7 Å². The molecule has 2 N–H and O–H groups in total. The van der Waals surface area contributed by atoms with Gasteiger partial charge in [-0.15, -0.1) is 5.10 Å². The Morgan fingerprint density at radius 2 is 2.09 bits per heavy atom. The van der Waals surface area contributed by atoms with E-state index < -0.39 is 6.04 Å². The number of nitrogens with zero attached hydrogens (tertiary/aromatic N) is 3. The molecule has 2 aromatic carbocycles. The SMILES string of the molecule is CCCSc1nc2n(n1)C(c1ccc(OC)c(Br)c1)C(C(=O)Nc1cccc(C)c1)=C(C)N2. The Kier molecular flexibility index (Phi) is 7.09. The third-order valence-corrected chi connectivity index (χ3v) is 6.94. The lowest BCUT2D eigenvalue weighted by atomic mass is 9.95. The molecule has 0 saturated carbocycles. The average Bonchev–Trinajstić information content (AvgIpc) is 3.18. The normalized spacial score (nSPS) is 15.1. The molecule has 9 heteroatoms. The number of halogens is 1. The highest BCUT2D eigenvalue weighted by Crippen LogP contribution is 2.39. The number of nitrogens with one attached hydrogen (secondary N) is 2. The maximum atomic E-state index is 13.6. The van der Waals surface area contributed by atoms with E-state index >= 15 is 0 Å². The van der Waals surface area contributed by atoms with Gasteiger partial charge in [-0.25, -0.2) is 4.68 Å². The third-order valence-electron chi connectivity index (χ3n) is 5.28. The number of carbonyl (C=O) groups excluding carboxylic acids is 1. The van der Waals surface area contributed by atoms with Crippen LogP contribution in [0, 0.1) is 6.92 Å². The summed E-state index contributed by atoms with van der Waals surface area (Å²) in [5, 5.41) is 11.8. The fourth-order valence-corrected chi connectivity index (χ4v) is 5.00. The van der Waals surface area contributed by atoms with Crippen molar-refractivity contribution in [2.24, 2.45) is 0 Å². The first-order valence-corrected chi connectivity index (χ1v) is 12.5. The Labute approximate surface area is 206 Å². The number of aryl methyl sites for hydroxylation is 1. The smallest absolute Gasteiger partial charge is 0.255 e. The van der Waals surface area contributed by atoms with E-state index in [4.69, 9.17) is 9.84 Å². The second-order valence-electron chi connectivity index (χ2n) is 7.79. The predicted molar refractivity (Wildman–Crippen MR) is 136 cm³/mol. The Morgan fingerprint density at radius 3 is 2.79 bits per heavy atom. The van der Waals surface area contributed by atoms with Crippen molar-refractivity contribution >= 4 is 45.2 Å². The number of anilines is 2. The Hall–Kier alpha value is -2.78. The molecule has 1 aliphatic heterocycles. The molecule has 1 aromatic heterocycles. The van der Waals surface area contributed by atoms with Crippen molar-refractivity contribution in [1.82, 2.24) is 14.8 Å². The molecule has 0 fully saturated rings. The van der Waals surface area contributed by atoms with Gasteiger partial charge >= 0.3 is 0 Å². The van der Waals surface area contributed by atoms with Crippen molar-refractivity contribution < 1.29 is 9.53 Å². The summed E-state index contributed by atoms with van der Waals surface area (Å²) in [6.07, 6.45) is 1.03. The van der Waals surface area contributed by atoms with Crippen LogP contribution in [0.3, 0.4) is 0 Å². The van der Waals surface area contributed by atoms with Gasteiger partial charge in [-0.1, -0.05) is 36.9 Å². The van der Waals surface area contributed by atoms with Crippen LogP contribution in [-0.4, -0.2) is 33.5 Å². The highest BCUT2D eigenvalue weighted by Gasteiger charge is 2.34. The molecule has 0 radical (unpaired) electrons. The summed E-state index contributed by atoms with van der Waals surface area (Å²) >= 11 is 5.18. The van der Waals surface area contributed by atoms with E-state index in [1.165, 1.54) is 0 Å². The zero-order valence-electron chi connectivity index (χ0n) is 19.0. The van der Waals surface area contributed by atoms with E-state index in [0.717, 1.165) is 44.9 Å². The number of ether oxygens (including phenoxy) is 1. The van der Waals surface area contributed by atoms with Crippen LogP contribution in [0.2, 0.25) is 0 Å². The number of hydrogen-bond donors (Lipinski definition) is 2. The number of aromatic nitrogens is 3. The molecule has 0 aliphatic carbocycles. The quantitative estimate of drug-likeness (QED) is 0.378. The van der Waals surface area contributed by atoms with Gasteiger partial charge in [-0.05, 0) is 71.6 Å². The van der Waals surface area contributed by atoms with Gasteiger partial charge in [0.25, 0.3) is 5.91 Å². The zero-order valence-corrected chi connectivity index (χ0v) is 21.4. The second-order valence-corrected chi connectivity index (χ2v) is 9.71. The fraction of sp³-hybridized carbons (Fsp3) is 0.292. The minimum atomic E-state index is -0.447. The first kappa shape index (κ1) is 23.4. The number of rotatable bonds is 7. The lowest BCUT2D eigenvalue weighted by Gasteiger charge is -2.29. The van der Waals surface area contributed by atoms with Crippen molar-refractivity contribution in [2.45, 2.75) is 38.4 Å². The Bertz CT molecular complexity index is 1220. The molecule has 0 bridgehead atoms. The average molecular weight is 528 g/mol. The van der Waals surface area contributed by atoms with E-state index in [-0.39, 0.29) is 5.91 Å². The molecule has 2 heterocycles. The predicted octanol–water partition coefficient (Wildman–Crippen LogP) is 5.79. The van der Waals surface area contributed by atoms with Crippen LogP contribution < -0.4 is 15.4 Å². The van der Waals surface area contributed by atoms with Gasteiger partial charge in [0, 0.05) is 17.1 Å². The van der Waals surface area contributed by atoms with Gasteiger partial charge in [0.15, 0.2) is 0 Å². The zero-order chi connectivity index (χ0) is 23.5. The highest BCUT2D eigenvalue weighted by atomic mass is 79.9. The van der Waals surface area contributed by atoms with E-state index in [2.05, 4.69) is 38.5 Å². The molecule has 3 aromatic rings. The summed E-state index contributed by atoms with van der Waals surface area (Å²) in [6, 6.07) is 13.1. The molecule has 0 spiro atoms. The maximum absolute atomic E-state index is 13.6. The fourth-order valence-electron chi connectivity index (χ4n) is 3.76. The summed E-state index contributed by atoms with van der Waals surface area (Å²) in [5.74, 6) is 2.08. The summed E-state index contributed by atoms with van der Waals surface area (Å²) < 4.78 is 8.00. The van der Waals surface area contributed by atoms with Crippen LogP contribution in [0.1, 0.15) is 37.4 Å². The van der Waals surface area contributed by atoms with Crippen LogP contribution in [0.4, 0.5) is 11.6 Å². The Balaban J connectivity index is 1.78. The van der Waals surface area contributed by atoms with Crippen LogP contribution in [0.5, 0.6) is 5.75 Å². The summed E-state index contributed by atoms with van der Waals surface area (Å²) in [6.45, 7) is 6.02. The molecule has 1 amide bonds. The van der Waals surface area contributed by atoms with Gasteiger partial charge < -0.3 is 15.4 Å². The van der Waals surface area contributed by atoms with Crippen LogP contribution in [0.25, 0.3) is 0 Å². The number of allylic oxidation sites excluding steroid dienone is 1. The first-order valence-electron chi connectivity index (χ1n) is 10.7. The summed E-state index contributed by atoms with van der Waals surface area (Å²) in [7, 11) is 1.63.